The van der Waals surface area contributed by atoms with Crippen LogP contribution in [-0.4, -0.2) is 42.3 Å². The lowest BCUT2D eigenvalue weighted by Crippen LogP contribution is -2.32. The summed E-state index contributed by atoms with van der Waals surface area (Å²) < 4.78 is 22.9. The molecule has 6 nitrogen and oxygen atoms in total. The van der Waals surface area contributed by atoms with Gasteiger partial charge in [0.15, 0.2) is 0 Å². The van der Waals surface area contributed by atoms with E-state index in [1.807, 2.05) is 0 Å². The molecule has 8 heteroatoms. The van der Waals surface area contributed by atoms with Gasteiger partial charge >= 0.3 is 5.97 Å². The van der Waals surface area contributed by atoms with Crippen molar-refractivity contribution in [1.29, 1.82) is 0 Å². The van der Waals surface area contributed by atoms with E-state index in [0.29, 0.717) is 16.9 Å². The summed E-state index contributed by atoms with van der Waals surface area (Å²) in [6.45, 7) is 0.186. The molecule has 2 amide bonds. The van der Waals surface area contributed by atoms with Crippen molar-refractivity contribution in [2.75, 3.05) is 20.3 Å². The Labute approximate surface area is 164 Å². The fourth-order valence-corrected chi connectivity index (χ4v) is 3.33. The van der Waals surface area contributed by atoms with E-state index in [1.54, 1.807) is 30.3 Å². The zero-order valence-electron chi connectivity index (χ0n) is 14.9. The van der Waals surface area contributed by atoms with Crippen molar-refractivity contribution in [2.24, 2.45) is 0 Å². The number of halogens is 1. The lowest BCUT2D eigenvalue weighted by molar-refractivity contribution is -0.123. The maximum atomic E-state index is 12.9. The van der Waals surface area contributed by atoms with Crippen LogP contribution in [0.3, 0.4) is 0 Å². The summed E-state index contributed by atoms with van der Waals surface area (Å²) in [5, 5.41) is -0.384. The molecule has 0 N–H and O–H groups in total. The van der Waals surface area contributed by atoms with Crippen molar-refractivity contribution in [1.82, 2.24) is 4.90 Å². The fourth-order valence-electron chi connectivity index (χ4n) is 2.46. The van der Waals surface area contributed by atoms with Crippen molar-refractivity contribution < 1.29 is 28.2 Å². The number of carbonyl (C=O) groups excluding carboxylic acids is 3. The number of benzene rings is 2. The van der Waals surface area contributed by atoms with Crippen LogP contribution in [0.15, 0.2) is 53.4 Å². The Morgan fingerprint density at radius 2 is 1.79 bits per heavy atom. The number of hydrogen-bond donors (Lipinski definition) is 0. The number of esters is 1. The second kappa shape index (κ2) is 8.71. The first-order valence-electron chi connectivity index (χ1n) is 8.30. The minimum atomic E-state index is -0.451. The molecular formula is C20H16FNO5S. The first-order chi connectivity index (χ1) is 13.5. The van der Waals surface area contributed by atoms with Crippen LogP contribution in [0.4, 0.5) is 9.18 Å². The van der Waals surface area contributed by atoms with E-state index in [-0.39, 0.29) is 29.1 Å². The third kappa shape index (κ3) is 4.58. The Bertz CT molecular complexity index is 925. The number of nitrogens with zero attached hydrogens (tertiary/aromatic N) is 1. The molecule has 2 aromatic carbocycles. The number of ether oxygens (including phenoxy) is 2. The van der Waals surface area contributed by atoms with Crippen molar-refractivity contribution in [3.8, 4) is 5.75 Å². The molecule has 3 rings (SSSR count). The van der Waals surface area contributed by atoms with Gasteiger partial charge in [-0.1, -0.05) is 12.1 Å². The molecule has 0 aromatic heterocycles. The van der Waals surface area contributed by atoms with E-state index in [0.717, 1.165) is 16.7 Å². The van der Waals surface area contributed by atoms with Crippen LogP contribution in [0, 0.1) is 5.82 Å². The highest BCUT2D eigenvalue weighted by Crippen LogP contribution is 2.32. The lowest BCUT2D eigenvalue weighted by atomic mass is 10.1. The SMILES string of the molecule is COC(=O)c1ccc(/C=C2\SC(=O)N(CCOc3ccc(F)cc3)C2=O)cc1. The number of thioether (sulfide) groups is 1. The number of carbonyl (C=O) groups is 3. The molecule has 0 bridgehead atoms. The van der Waals surface area contributed by atoms with E-state index in [1.165, 1.54) is 31.4 Å². The monoisotopic (exact) mass is 401 g/mol. The van der Waals surface area contributed by atoms with Gasteiger partial charge in [-0.15, -0.1) is 0 Å². The van der Waals surface area contributed by atoms with E-state index in [2.05, 4.69) is 4.74 Å². The maximum absolute atomic E-state index is 12.9. The summed E-state index contributed by atoms with van der Waals surface area (Å²) in [5.41, 5.74) is 1.08. The highest BCUT2D eigenvalue weighted by Gasteiger charge is 2.34. The minimum Gasteiger partial charge on any atom is -0.492 e. The topological polar surface area (TPSA) is 72.9 Å². The Hall–Kier alpha value is -3.13. The molecule has 0 aliphatic carbocycles. The number of imide groups is 1. The fraction of sp³-hybridized carbons (Fsp3) is 0.150. The normalized spacial score (nSPS) is 15.2. The minimum absolute atomic E-state index is 0.0840. The second-order valence-electron chi connectivity index (χ2n) is 5.75. The molecule has 1 aliphatic heterocycles. The first kappa shape index (κ1) is 19.6. The van der Waals surface area contributed by atoms with Crippen molar-refractivity contribution in [3.05, 3.63) is 70.4 Å². The molecule has 1 aliphatic rings. The third-order valence-electron chi connectivity index (χ3n) is 3.90. The smallest absolute Gasteiger partial charge is 0.337 e. The molecule has 0 atom stereocenters. The van der Waals surface area contributed by atoms with Gasteiger partial charge in [0.25, 0.3) is 11.1 Å². The van der Waals surface area contributed by atoms with E-state index in [9.17, 15) is 18.8 Å². The second-order valence-corrected chi connectivity index (χ2v) is 6.74. The van der Waals surface area contributed by atoms with Gasteiger partial charge in [-0.25, -0.2) is 9.18 Å². The summed E-state index contributed by atoms with van der Waals surface area (Å²) in [7, 11) is 1.30. The maximum Gasteiger partial charge on any atom is 0.337 e. The van der Waals surface area contributed by atoms with Crippen LogP contribution in [0.5, 0.6) is 5.75 Å². The zero-order valence-corrected chi connectivity index (χ0v) is 15.7. The van der Waals surface area contributed by atoms with Crippen LogP contribution in [-0.2, 0) is 9.53 Å². The predicted octanol–water partition coefficient (Wildman–Crippen LogP) is 3.73. The zero-order chi connectivity index (χ0) is 20.1. The Kier molecular flexibility index (Phi) is 6.10. The molecular weight excluding hydrogens is 385 g/mol. The van der Waals surface area contributed by atoms with Crippen LogP contribution < -0.4 is 4.74 Å². The van der Waals surface area contributed by atoms with E-state index < -0.39 is 11.9 Å². The van der Waals surface area contributed by atoms with Crippen LogP contribution in [0.1, 0.15) is 15.9 Å². The summed E-state index contributed by atoms with van der Waals surface area (Å²) in [5.74, 6) is -0.777. The summed E-state index contributed by atoms with van der Waals surface area (Å²) in [4.78, 5) is 37.4. The standard InChI is InChI=1S/C20H16FNO5S/c1-26-19(24)14-4-2-13(3-5-14)12-17-18(23)22(20(25)28-17)10-11-27-16-8-6-15(21)7-9-16/h2-9,12H,10-11H2,1H3/b17-12-. The third-order valence-corrected chi connectivity index (χ3v) is 4.81. The van der Waals surface area contributed by atoms with Gasteiger partial charge in [0.2, 0.25) is 0 Å². The number of amides is 2. The van der Waals surface area contributed by atoms with Gasteiger partial charge in [0, 0.05) is 0 Å². The highest BCUT2D eigenvalue weighted by atomic mass is 32.2. The quantitative estimate of drug-likeness (QED) is 0.543. The van der Waals surface area contributed by atoms with Crippen molar-refractivity contribution in [3.63, 3.8) is 0 Å². The largest absolute Gasteiger partial charge is 0.492 e. The van der Waals surface area contributed by atoms with Gasteiger partial charge < -0.3 is 9.47 Å². The average Bonchev–Trinajstić information content (AvgIpc) is 2.96. The van der Waals surface area contributed by atoms with Crippen LogP contribution in [0.25, 0.3) is 6.08 Å². The molecule has 0 unspecified atom stereocenters. The average molecular weight is 401 g/mol. The van der Waals surface area contributed by atoms with Crippen LogP contribution in [0.2, 0.25) is 0 Å². The lowest BCUT2D eigenvalue weighted by Gasteiger charge is -2.13. The van der Waals surface area contributed by atoms with E-state index >= 15 is 0 Å². The predicted molar refractivity (Wildman–Crippen MR) is 102 cm³/mol. The van der Waals surface area contributed by atoms with Gasteiger partial charge in [0.1, 0.15) is 18.2 Å². The Morgan fingerprint density at radius 1 is 1.11 bits per heavy atom. The number of methoxy groups -OCH3 is 1. The Balaban J connectivity index is 1.61. The van der Waals surface area contributed by atoms with Gasteiger partial charge in [-0.05, 0) is 59.8 Å². The Morgan fingerprint density at radius 3 is 2.43 bits per heavy atom. The first-order valence-corrected chi connectivity index (χ1v) is 9.11. The molecule has 2 aromatic rings. The van der Waals surface area contributed by atoms with Crippen molar-refractivity contribution in [2.45, 2.75) is 0 Å². The summed E-state index contributed by atoms with van der Waals surface area (Å²) in [6.07, 6.45) is 1.59. The van der Waals surface area contributed by atoms with Crippen molar-refractivity contribution >= 4 is 35.0 Å². The number of rotatable bonds is 6. The van der Waals surface area contributed by atoms with Crippen LogP contribution >= 0.6 is 11.8 Å². The number of hydrogen-bond acceptors (Lipinski definition) is 6. The molecule has 144 valence electrons. The van der Waals surface area contributed by atoms with Gasteiger partial charge in [-0.2, -0.15) is 0 Å². The summed E-state index contributed by atoms with van der Waals surface area (Å²) in [6, 6.07) is 12.0. The van der Waals surface area contributed by atoms with Gasteiger partial charge in [0.05, 0.1) is 24.1 Å². The molecule has 0 spiro atoms. The highest BCUT2D eigenvalue weighted by molar-refractivity contribution is 8.18. The molecule has 1 fully saturated rings. The molecule has 0 saturated carbocycles. The molecule has 0 radical (unpaired) electrons. The van der Waals surface area contributed by atoms with E-state index in [4.69, 9.17) is 4.74 Å². The molecule has 1 heterocycles. The molecule has 28 heavy (non-hydrogen) atoms. The molecule has 1 saturated heterocycles. The van der Waals surface area contributed by atoms with Gasteiger partial charge in [-0.3, -0.25) is 14.5 Å². The summed E-state index contributed by atoms with van der Waals surface area (Å²) >= 11 is 0.842.